The van der Waals surface area contributed by atoms with E-state index < -0.39 is 0 Å². The van der Waals surface area contributed by atoms with Crippen molar-refractivity contribution in [1.82, 2.24) is 0 Å². The smallest absolute Gasteiger partial charge is 0.169 e. The van der Waals surface area contributed by atoms with Gasteiger partial charge in [-0.25, -0.2) is 4.99 Å². The predicted molar refractivity (Wildman–Crippen MR) is 33.1 cm³/mol. The minimum atomic E-state index is 0. The second kappa shape index (κ2) is 3.34. The molecule has 0 saturated heterocycles. The maximum absolute atomic E-state index is 6.97. The Hall–Kier alpha value is -0.718. The Morgan fingerprint density at radius 3 is 2.33 bits per heavy atom. The summed E-state index contributed by atoms with van der Waals surface area (Å²) >= 11 is 0. The molecular formula is C5H5CrN3. The molecule has 0 aromatic rings. The van der Waals surface area contributed by atoms with Crippen LogP contribution in [-0.2, 0) is 17.4 Å². The van der Waals surface area contributed by atoms with E-state index in [0.29, 0.717) is 0 Å². The molecule has 0 aromatic carbocycles. The number of nitrogens with one attached hydrogen (secondary N) is 2. The Bertz CT molecular complexity index is 170. The summed E-state index contributed by atoms with van der Waals surface area (Å²) in [6.07, 6.45) is 4.68. The number of hydrogen-bond acceptors (Lipinski definition) is 2. The first-order valence-electron chi connectivity index (χ1n) is 2.19. The van der Waals surface area contributed by atoms with Crippen LogP contribution in [0.15, 0.2) is 17.1 Å². The summed E-state index contributed by atoms with van der Waals surface area (Å²) in [5, 5.41) is 13.9. The van der Waals surface area contributed by atoms with Gasteiger partial charge in [-0.15, -0.1) is 0 Å². The van der Waals surface area contributed by atoms with E-state index >= 15 is 0 Å². The van der Waals surface area contributed by atoms with E-state index in [1.165, 1.54) is 12.3 Å². The average Bonchev–Trinajstić information content (AvgIpc) is 1.77. The van der Waals surface area contributed by atoms with Crippen LogP contribution in [0.5, 0.6) is 0 Å². The van der Waals surface area contributed by atoms with Gasteiger partial charge in [-0.2, -0.15) is 0 Å². The van der Waals surface area contributed by atoms with Gasteiger partial charge in [-0.1, -0.05) is 0 Å². The third-order valence-corrected chi connectivity index (χ3v) is 0.808. The van der Waals surface area contributed by atoms with Gasteiger partial charge in [0.15, 0.2) is 5.84 Å². The number of allylic oxidation sites excluding steroid dienone is 1. The number of aliphatic imine (C=N–C) groups is 1. The van der Waals surface area contributed by atoms with Crippen LogP contribution in [0, 0.1) is 10.8 Å². The van der Waals surface area contributed by atoms with Crippen molar-refractivity contribution in [3.63, 3.8) is 0 Å². The van der Waals surface area contributed by atoms with Crippen LogP contribution in [0.3, 0.4) is 0 Å². The molecule has 0 unspecified atom stereocenters. The van der Waals surface area contributed by atoms with Crippen molar-refractivity contribution < 1.29 is 17.4 Å². The molecule has 1 heterocycles. The van der Waals surface area contributed by atoms with Gasteiger partial charge < -0.3 is 0 Å². The Morgan fingerprint density at radius 1 is 1.33 bits per heavy atom. The van der Waals surface area contributed by atoms with Crippen LogP contribution < -0.4 is 0 Å². The van der Waals surface area contributed by atoms with E-state index in [1.54, 1.807) is 6.08 Å². The third kappa shape index (κ3) is 1.92. The van der Waals surface area contributed by atoms with Gasteiger partial charge in [0.05, 0.1) is 5.71 Å². The van der Waals surface area contributed by atoms with Gasteiger partial charge in [0.2, 0.25) is 0 Å². The summed E-state index contributed by atoms with van der Waals surface area (Å²) in [5.74, 6) is 0.0347. The van der Waals surface area contributed by atoms with Crippen molar-refractivity contribution in [2.75, 3.05) is 0 Å². The van der Waals surface area contributed by atoms with E-state index in [2.05, 4.69) is 4.99 Å². The SMILES string of the molecule is N=C1C=CC=NC1=N.[Cr]. The summed E-state index contributed by atoms with van der Waals surface area (Å²) in [6.45, 7) is 0. The molecule has 1 aliphatic rings. The van der Waals surface area contributed by atoms with Crippen molar-refractivity contribution in [1.29, 1.82) is 10.8 Å². The second-order valence-corrected chi connectivity index (χ2v) is 1.40. The fraction of sp³-hybridized carbons (Fsp3) is 0. The minimum Gasteiger partial charge on any atom is -0.297 e. The normalized spacial score (nSPS) is 15.6. The van der Waals surface area contributed by atoms with Crippen molar-refractivity contribution in [3.05, 3.63) is 12.2 Å². The third-order valence-electron chi connectivity index (χ3n) is 0.808. The first-order chi connectivity index (χ1) is 3.80. The number of hydrogen-bond donors (Lipinski definition) is 2. The summed E-state index contributed by atoms with van der Waals surface area (Å²) in [4.78, 5) is 3.56. The van der Waals surface area contributed by atoms with Gasteiger partial charge in [0, 0.05) is 23.6 Å². The van der Waals surface area contributed by atoms with Crippen LogP contribution in [0.4, 0.5) is 0 Å². The van der Waals surface area contributed by atoms with E-state index in [-0.39, 0.29) is 28.9 Å². The van der Waals surface area contributed by atoms with Crippen molar-refractivity contribution in [2.45, 2.75) is 0 Å². The van der Waals surface area contributed by atoms with Crippen LogP contribution in [-0.4, -0.2) is 17.8 Å². The molecule has 9 heavy (non-hydrogen) atoms. The Labute approximate surface area is 63.6 Å². The average molecular weight is 159 g/mol. The predicted octanol–water partition coefficient (Wildman–Crippen LogP) is 0.622. The Kier molecular flexibility index (Phi) is 3.07. The molecule has 0 atom stereocenters. The molecule has 0 spiro atoms. The van der Waals surface area contributed by atoms with E-state index in [9.17, 15) is 0 Å². The summed E-state index contributed by atoms with van der Waals surface area (Å²) < 4.78 is 0. The molecule has 4 heteroatoms. The zero-order chi connectivity index (χ0) is 5.98. The van der Waals surface area contributed by atoms with Gasteiger partial charge in [0.25, 0.3) is 0 Å². The van der Waals surface area contributed by atoms with E-state index in [1.807, 2.05) is 0 Å². The second-order valence-electron chi connectivity index (χ2n) is 1.40. The zero-order valence-corrected chi connectivity index (χ0v) is 5.86. The molecule has 0 amide bonds. The van der Waals surface area contributed by atoms with Crippen LogP contribution in [0.1, 0.15) is 0 Å². The Morgan fingerprint density at radius 2 is 2.00 bits per heavy atom. The van der Waals surface area contributed by atoms with Crippen LogP contribution in [0.25, 0.3) is 0 Å². The van der Waals surface area contributed by atoms with E-state index in [0.717, 1.165) is 0 Å². The molecule has 2 N–H and O–H groups in total. The summed E-state index contributed by atoms with van der Waals surface area (Å²) in [5.41, 5.74) is 0.174. The summed E-state index contributed by atoms with van der Waals surface area (Å²) in [7, 11) is 0. The number of nitrogens with zero attached hydrogens (tertiary/aromatic N) is 1. The van der Waals surface area contributed by atoms with Gasteiger partial charge in [-0.05, 0) is 12.2 Å². The molecule has 1 aliphatic heterocycles. The van der Waals surface area contributed by atoms with Crippen LogP contribution >= 0.6 is 0 Å². The molecular weight excluding hydrogens is 154 g/mol. The van der Waals surface area contributed by atoms with Crippen molar-refractivity contribution in [3.8, 4) is 0 Å². The van der Waals surface area contributed by atoms with Crippen molar-refractivity contribution >= 4 is 17.8 Å². The molecule has 0 aromatic heterocycles. The van der Waals surface area contributed by atoms with Gasteiger partial charge in [-0.3, -0.25) is 10.8 Å². The molecule has 0 saturated carbocycles. The molecule has 1 rings (SSSR count). The largest absolute Gasteiger partial charge is 0.297 e. The zero-order valence-electron chi connectivity index (χ0n) is 4.59. The molecule has 0 radical (unpaired) electrons. The number of amidine groups is 1. The Balaban J connectivity index is 0.000000640. The fourth-order valence-electron chi connectivity index (χ4n) is 0.405. The maximum Gasteiger partial charge on any atom is 0.169 e. The first kappa shape index (κ1) is 8.28. The maximum atomic E-state index is 6.97. The summed E-state index contributed by atoms with van der Waals surface area (Å²) in [6, 6.07) is 0. The standard InChI is InChI=1S/C5H5N3.Cr/c6-4-2-1-3-8-5(4)7;/h1-3,6-7H;. The van der Waals surface area contributed by atoms with Crippen LogP contribution in [0.2, 0.25) is 0 Å². The monoisotopic (exact) mass is 159 g/mol. The number of rotatable bonds is 0. The first-order valence-corrected chi connectivity index (χ1v) is 2.19. The quantitative estimate of drug-likeness (QED) is 0.520. The molecule has 0 fully saturated rings. The topological polar surface area (TPSA) is 60.1 Å². The van der Waals surface area contributed by atoms with Gasteiger partial charge in [0.1, 0.15) is 0 Å². The fourth-order valence-corrected chi connectivity index (χ4v) is 0.405. The van der Waals surface area contributed by atoms with Gasteiger partial charge >= 0.3 is 0 Å². The minimum absolute atomic E-state index is 0. The molecule has 46 valence electrons. The molecule has 0 bridgehead atoms. The van der Waals surface area contributed by atoms with E-state index in [4.69, 9.17) is 10.8 Å². The van der Waals surface area contributed by atoms with Crippen molar-refractivity contribution in [2.24, 2.45) is 4.99 Å². The number of dihydropyridines is 1. The molecule has 0 aliphatic carbocycles. The molecule has 3 nitrogen and oxygen atoms in total.